The Labute approximate surface area is 96.7 Å². The van der Waals surface area contributed by atoms with E-state index in [2.05, 4.69) is 5.32 Å². The van der Waals surface area contributed by atoms with Gasteiger partial charge in [0, 0.05) is 24.9 Å². The number of benzene rings is 1. The molecule has 3 N–H and O–H groups in total. The first kappa shape index (κ1) is 12.6. The van der Waals surface area contributed by atoms with E-state index in [1.54, 1.807) is 7.11 Å². The van der Waals surface area contributed by atoms with Gasteiger partial charge in [-0.2, -0.15) is 0 Å². The van der Waals surface area contributed by atoms with E-state index in [9.17, 15) is 0 Å². The number of ether oxygens (including phenoxy) is 2. The fraction of sp³-hybridized carbons (Fsp3) is 0.500. The maximum absolute atomic E-state index is 5.85. The Morgan fingerprint density at radius 2 is 2.06 bits per heavy atom. The van der Waals surface area contributed by atoms with Gasteiger partial charge in [-0.15, -0.1) is 0 Å². The topological polar surface area (TPSA) is 56.5 Å². The normalized spacial score (nSPS) is 10.2. The molecule has 0 atom stereocenters. The number of hydrogen-bond donors (Lipinski definition) is 2. The molecule has 0 unspecified atom stereocenters. The van der Waals surface area contributed by atoms with Crippen LogP contribution in [0.25, 0.3) is 0 Å². The van der Waals surface area contributed by atoms with Crippen molar-refractivity contribution in [2.24, 2.45) is 0 Å². The zero-order valence-corrected chi connectivity index (χ0v) is 10.2. The van der Waals surface area contributed by atoms with E-state index < -0.39 is 0 Å². The van der Waals surface area contributed by atoms with Gasteiger partial charge in [0.15, 0.2) is 0 Å². The first-order valence-electron chi connectivity index (χ1n) is 5.45. The molecule has 0 saturated heterocycles. The number of nitrogens with two attached hydrogens (primary N) is 1. The summed E-state index contributed by atoms with van der Waals surface area (Å²) < 4.78 is 10.6. The molecule has 0 heterocycles. The van der Waals surface area contributed by atoms with Gasteiger partial charge in [0.25, 0.3) is 0 Å². The lowest BCUT2D eigenvalue weighted by Gasteiger charge is -2.16. The molecule has 4 heteroatoms. The van der Waals surface area contributed by atoms with Crippen molar-refractivity contribution in [2.45, 2.75) is 13.8 Å². The van der Waals surface area contributed by atoms with E-state index >= 15 is 0 Å². The van der Waals surface area contributed by atoms with Crippen molar-refractivity contribution in [2.75, 3.05) is 37.9 Å². The van der Waals surface area contributed by atoms with Gasteiger partial charge in [0.1, 0.15) is 12.4 Å². The largest absolute Gasteiger partial charge is 0.489 e. The lowest BCUT2D eigenvalue weighted by molar-refractivity contribution is 0.146. The summed E-state index contributed by atoms with van der Waals surface area (Å²) in [6, 6.07) is 3.82. The van der Waals surface area contributed by atoms with E-state index in [4.69, 9.17) is 15.2 Å². The molecule has 0 aliphatic heterocycles. The Bertz CT molecular complexity index is 340. The van der Waals surface area contributed by atoms with Crippen molar-refractivity contribution in [3.8, 4) is 5.75 Å². The van der Waals surface area contributed by atoms with Crippen LogP contribution >= 0.6 is 0 Å². The Balaban J connectivity index is 2.87. The highest BCUT2D eigenvalue weighted by molar-refractivity contribution is 5.67. The second-order valence-electron chi connectivity index (χ2n) is 3.53. The number of rotatable bonds is 6. The van der Waals surface area contributed by atoms with Gasteiger partial charge in [0.2, 0.25) is 0 Å². The van der Waals surface area contributed by atoms with Gasteiger partial charge < -0.3 is 20.5 Å². The molecule has 0 aliphatic rings. The van der Waals surface area contributed by atoms with Crippen molar-refractivity contribution < 1.29 is 9.47 Å². The molecule has 0 aromatic heterocycles. The van der Waals surface area contributed by atoms with Crippen LogP contribution in [-0.2, 0) is 4.74 Å². The summed E-state index contributed by atoms with van der Waals surface area (Å²) in [5.41, 5.74) is 8.54. The highest BCUT2D eigenvalue weighted by Gasteiger charge is 2.09. The third-order valence-electron chi connectivity index (χ3n) is 2.35. The van der Waals surface area contributed by atoms with Gasteiger partial charge in [-0.1, -0.05) is 0 Å². The maximum atomic E-state index is 5.85. The van der Waals surface area contributed by atoms with Gasteiger partial charge in [-0.3, -0.25) is 0 Å². The molecule has 4 nitrogen and oxygen atoms in total. The molecule has 16 heavy (non-hydrogen) atoms. The van der Waals surface area contributed by atoms with E-state index in [1.807, 2.05) is 26.0 Å². The van der Waals surface area contributed by atoms with Crippen LogP contribution in [0.1, 0.15) is 12.5 Å². The minimum absolute atomic E-state index is 0.527. The van der Waals surface area contributed by atoms with Crippen LogP contribution in [-0.4, -0.2) is 26.9 Å². The lowest BCUT2D eigenvalue weighted by atomic mass is 10.1. The number of methoxy groups -OCH3 is 1. The second-order valence-corrected chi connectivity index (χ2v) is 3.53. The summed E-state index contributed by atoms with van der Waals surface area (Å²) in [5.74, 6) is 0.818. The fourth-order valence-electron chi connectivity index (χ4n) is 1.45. The highest BCUT2D eigenvalue weighted by Crippen LogP contribution is 2.32. The summed E-state index contributed by atoms with van der Waals surface area (Å²) in [7, 11) is 1.65. The van der Waals surface area contributed by atoms with Crippen LogP contribution < -0.4 is 15.8 Å². The van der Waals surface area contributed by atoms with Gasteiger partial charge >= 0.3 is 0 Å². The molecule has 1 aromatic carbocycles. The van der Waals surface area contributed by atoms with Crippen LogP contribution in [0.3, 0.4) is 0 Å². The summed E-state index contributed by atoms with van der Waals surface area (Å²) in [6.45, 7) is 5.95. The third kappa shape index (κ3) is 3.03. The first-order chi connectivity index (χ1) is 7.70. The second kappa shape index (κ2) is 6.23. The van der Waals surface area contributed by atoms with Crippen LogP contribution in [0.15, 0.2) is 12.1 Å². The summed E-state index contributed by atoms with van der Waals surface area (Å²) >= 11 is 0. The van der Waals surface area contributed by atoms with E-state index in [1.165, 1.54) is 0 Å². The maximum Gasteiger partial charge on any atom is 0.147 e. The van der Waals surface area contributed by atoms with Crippen LogP contribution in [0.4, 0.5) is 11.4 Å². The Kier molecular flexibility index (Phi) is 4.92. The number of anilines is 2. The number of nitrogen functional groups attached to an aromatic ring is 1. The van der Waals surface area contributed by atoms with E-state index in [-0.39, 0.29) is 0 Å². The van der Waals surface area contributed by atoms with Crippen molar-refractivity contribution in [3.05, 3.63) is 17.7 Å². The number of hydrogen-bond acceptors (Lipinski definition) is 4. The van der Waals surface area contributed by atoms with Crippen molar-refractivity contribution >= 4 is 11.4 Å². The SMILES string of the molecule is CCNc1ccc(N)c(C)c1OCCOC. The molecular weight excluding hydrogens is 204 g/mol. The Morgan fingerprint density at radius 3 is 2.69 bits per heavy atom. The standard InChI is InChI=1S/C12H20N2O2/c1-4-14-11-6-5-10(13)9(2)12(11)16-8-7-15-3/h5-6,14H,4,7-8,13H2,1-3H3. The molecule has 0 fully saturated rings. The zero-order chi connectivity index (χ0) is 12.0. The first-order valence-corrected chi connectivity index (χ1v) is 5.45. The number of nitrogens with one attached hydrogen (secondary N) is 1. The predicted octanol–water partition coefficient (Wildman–Crippen LogP) is 2.03. The molecule has 1 aromatic rings. The average Bonchev–Trinajstić information content (AvgIpc) is 2.28. The quantitative estimate of drug-likeness (QED) is 0.573. The molecule has 0 spiro atoms. The van der Waals surface area contributed by atoms with Crippen molar-refractivity contribution in [1.29, 1.82) is 0 Å². The minimum atomic E-state index is 0.527. The smallest absolute Gasteiger partial charge is 0.147 e. The van der Waals surface area contributed by atoms with Gasteiger partial charge in [0.05, 0.1) is 12.3 Å². The molecule has 0 saturated carbocycles. The van der Waals surface area contributed by atoms with Gasteiger partial charge in [-0.05, 0) is 26.0 Å². The summed E-state index contributed by atoms with van der Waals surface area (Å²) in [6.07, 6.45) is 0. The lowest BCUT2D eigenvalue weighted by Crippen LogP contribution is -2.09. The Hall–Kier alpha value is -1.42. The minimum Gasteiger partial charge on any atom is -0.489 e. The van der Waals surface area contributed by atoms with E-state index in [0.29, 0.717) is 13.2 Å². The van der Waals surface area contributed by atoms with E-state index in [0.717, 1.165) is 29.2 Å². The van der Waals surface area contributed by atoms with Crippen LogP contribution in [0.2, 0.25) is 0 Å². The predicted molar refractivity (Wildman–Crippen MR) is 67.1 cm³/mol. The molecule has 0 bridgehead atoms. The van der Waals surface area contributed by atoms with Crippen molar-refractivity contribution in [3.63, 3.8) is 0 Å². The summed E-state index contributed by atoms with van der Waals surface area (Å²) in [4.78, 5) is 0. The highest BCUT2D eigenvalue weighted by atomic mass is 16.5. The molecule has 0 aliphatic carbocycles. The zero-order valence-electron chi connectivity index (χ0n) is 10.2. The monoisotopic (exact) mass is 224 g/mol. The van der Waals surface area contributed by atoms with Crippen molar-refractivity contribution in [1.82, 2.24) is 0 Å². The molecule has 90 valence electrons. The fourth-order valence-corrected chi connectivity index (χ4v) is 1.45. The molecule has 0 radical (unpaired) electrons. The van der Waals surface area contributed by atoms with Crippen LogP contribution in [0, 0.1) is 6.92 Å². The van der Waals surface area contributed by atoms with Crippen LogP contribution in [0.5, 0.6) is 5.75 Å². The molecular formula is C12H20N2O2. The third-order valence-corrected chi connectivity index (χ3v) is 2.35. The average molecular weight is 224 g/mol. The summed E-state index contributed by atoms with van der Waals surface area (Å²) in [5, 5.41) is 3.25. The molecule has 0 amide bonds. The Morgan fingerprint density at radius 1 is 1.31 bits per heavy atom. The molecule has 1 rings (SSSR count). The van der Waals surface area contributed by atoms with Gasteiger partial charge in [-0.25, -0.2) is 0 Å².